The lowest BCUT2D eigenvalue weighted by Gasteiger charge is -2.33. The van der Waals surface area contributed by atoms with Crippen LogP contribution in [0.4, 0.5) is 24.9 Å². The lowest BCUT2D eigenvalue weighted by molar-refractivity contribution is -0.150. The van der Waals surface area contributed by atoms with E-state index in [9.17, 15) is 18.0 Å². The van der Waals surface area contributed by atoms with E-state index in [1.54, 1.807) is 0 Å². The van der Waals surface area contributed by atoms with Crippen LogP contribution < -0.4 is 16.0 Å². The van der Waals surface area contributed by atoms with Crippen LogP contribution in [0.25, 0.3) is 22.8 Å². The second kappa shape index (κ2) is 9.47. The SMILES string of the molecule is C[C@@H](Nc1nc(-c2noc(=O)[nH]2)nc2nc(N3CC4CC4C3C(F)(F)F)n(C[C@H]3CC[C@H](C)CC3)c12)C1CCC1. The predicted octanol–water partition coefficient (Wildman–Crippen LogP) is 4.98. The van der Waals surface area contributed by atoms with Gasteiger partial charge in [0.25, 0.3) is 0 Å². The van der Waals surface area contributed by atoms with E-state index in [0.717, 1.165) is 38.5 Å². The molecule has 1 aliphatic heterocycles. The van der Waals surface area contributed by atoms with Gasteiger partial charge in [-0.2, -0.15) is 18.2 Å². The van der Waals surface area contributed by atoms with Gasteiger partial charge in [0.05, 0.1) is 0 Å². The third-order valence-electron chi connectivity index (χ3n) is 9.77. The van der Waals surface area contributed by atoms with Crippen molar-refractivity contribution < 1.29 is 17.7 Å². The highest BCUT2D eigenvalue weighted by atomic mass is 19.4. The van der Waals surface area contributed by atoms with Gasteiger partial charge in [-0.3, -0.25) is 9.51 Å². The van der Waals surface area contributed by atoms with E-state index >= 15 is 0 Å². The number of aromatic amines is 1. The van der Waals surface area contributed by atoms with Gasteiger partial charge in [0, 0.05) is 19.1 Å². The second-order valence-corrected chi connectivity index (χ2v) is 12.6. The van der Waals surface area contributed by atoms with E-state index in [1.807, 2.05) is 4.57 Å². The molecule has 3 aromatic rings. The number of rotatable bonds is 7. The van der Waals surface area contributed by atoms with Crippen molar-refractivity contribution >= 4 is 22.9 Å². The van der Waals surface area contributed by atoms with Crippen LogP contribution in [-0.4, -0.2) is 54.5 Å². The maximum absolute atomic E-state index is 14.4. The molecule has 13 heteroatoms. The van der Waals surface area contributed by atoms with Crippen LogP contribution in [0.1, 0.15) is 65.2 Å². The number of halogens is 3. The summed E-state index contributed by atoms with van der Waals surface area (Å²) in [7, 11) is 0. The summed E-state index contributed by atoms with van der Waals surface area (Å²) in [5, 5.41) is 7.30. The zero-order valence-corrected chi connectivity index (χ0v) is 22.7. The van der Waals surface area contributed by atoms with E-state index in [1.165, 1.54) is 11.3 Å². The lowest BCUT2D eigenvalue weighted by atomic mass is 9.80. The van der Waals surface area contributed by atoms with Crippen LogP contribution in [0, 0.1) is 29.6 Å². The number of piperidine rings is 1. The summed E-state index contributed by atoms with van der Waals surface area (Å²) in [6.45, 7) is 5.25. The Bertz CT molecular complexity index is 1450. The smallest absolute Gasteiger partial charge is 0.365 e. The number of alkyl halides is 3. The fourth-order valence-electron chi connectivity index (χ4n) is 7.08. The van der Waals surface area contributed by atoms with Crippen molar-refractivity contribution in [2.45, 2.75) is 90.0 Å². The van der Waals surface area contributed by atoms with Gasteiger partial charge in [0.1, 0.15) is 11.6 Å². The Kier molecular flexibility index (Phi) is 6.12. The molecule has 7 rings (SSSR count). The lowest BCUT2D eigenvalue weighted by Crippen LogP contribution is -2.45. The molecule has 0 aromatic carbocycles. The first-order valence-electron chi connectivity index (χ1n) is 14.6. The molecule has 10 nitrogen and oxygen atoms in total. The van der Waals surface area contributed by atoms with Gasteiger partial charge in [-0.1, -0.05) is 31.3 Å². The topological polar surface area (TPSA) is 118 Å². The monoisotopic (exact) mass is 560 g/mol. The van der Waals surface area contributed by atoms with E-state index in [-0.39, 0.29) is 35.2 Å². The summed E-state index contributed by atoms with van der Waals surface area (Å²) in [6.07, 6.45) is 3.92. The Labute approximate surface area is 229 Å². The van der Waals surface area contributed by atoms with Crippen LogP contribution in [-0.2, 0) is 6.54 Å². The number of nitrogens with zero attached hydrogens (tertiary/aromatic N) is 6. The molecule has 216 valence electrons. The minimum Gasteiger partial charge on any atom is -0.365 e. The van der Waals surface area contributed by atoms with Gasteiger partial charge in [0.15, 0.2) is 11.5 Å². The van der Waals surface area contributed by atoms with Crippen LogP contribution in [0.5, 0.6) is 0 Å². The summed E-state index contributed by atoms with van der Waals surface area (Å²) >= 11 is 0. The minimum atomic E-state index is -4.35. The first-order valence-corrected chi connectivity index (χ1v) is 14.6. The van der Waals surface area contributed by atoms with Crippen molar-refractivity contribution in [3.8, 4) is 11.6 Å². The largest absolute Gasteiger partial charge is 0.439 e. The summed E-state index contributed by atoms with van der Waals surface area (Å²) in [5.74, 6) is 1.36. The van der Waals surface area contributed by atoms with Gasteiger partial charge in [-0.15, -0.1) is 0 Å². The highest BCUT2D eigenvalue weighted by molar-refractivity contribution is 5.87. The number of hydrogen-bond donors (Lipinski definition) is 2. The molecule has 4 atom stereocenters. The summed E-state index contributed by atoms with van der Waals surface area (Å²) in [6, 6.07) is -1.45. The van der Waals surface area contributed by atoms with Crippen molar-refractivity contribution in [2.24, 2.45) is 29.6 Å². The molecule has 4 fully saturated rings. The fraction of sp³-hybridized carbons (Fsp3) is 0.741. The number of imidazole rings is 1. The molecule has 3 aromatic heterocycles. The molecule has 3 unspecified atom stereocenters. The molecular weight excluding hydrogens is 525 g/mol. The summed E-state index contributed by atoms with van der Waals surface area (Å²) < 4.78 is 49.7. The molecule has 3 aliphatic carbocycles. The number of H-pyrrole nitrogens is 1. The summed E-state index contributed by atoms with van der Waals surface area (Å²) in [5.41, 5.74) is 0.897. The minimum absolute atomic E-state index is 0.0357. The Hall–Kier alpha value is -3.12. The predicted molar refractivity (Wildman–Crippen MR) is 142 cm³/mol. The van der Waals surface area contributed by atoms with Crippen LogP contribution in [0.3, 0.4) is 0 Å². The van der Waals surface area contributed by atoms with E-state index in [4.69, 9.17) is 9.97 Å². The molecule has 4 heterocycles. The van der Waals surface area contributed by atoms with Gasteiger partial charge >= 0.3 is 11.9 Å². The fourth-order valence-corrected chi connectivity index (χ4v) is 7.08. The highest BCUT2D eigenvalue weighted by Gasteiger charge is 2.63. The summed E-state index contributed by atoms with van der Waals surface area (Å²) in [4.78, 5) is 29.8. The second-order valence-electron chi connectivity index (χ2n) is 12.6. The standard InChI is InChI=1S/C27H35F3N8O2/c1-13-6-8-15(9-7-13)11-37-19-21(31-14(2)16-4-3-5-16)32-23(24-35-26(39)40-36-24)33-22(19)34-25(37)38-12-17-10-18(17)20(38)27(28,29)30/h13-18,20H,3-12H2,1-2H3,(H,31,32,33)(H,35,36,39)/t13-,14-,15-,17?,18?,20?/m1/s1. The van der Waals surface area contributed by atoms with Crippen molar-refractivity contribution in [3.05, 3.63) is 10.6 Å². The Balaban J connectivity index is 1.37. The molecule has 3 saturated carbocycles. The van der Waals surface area contributed by atoms with Crippen LogP contribution in [0.2, 0.25) is 0 Å². The third kappa shape index (κ3) is 4.54. The van der Waals surface area contributed by atoms with Crippen molar-refractivity contribution in [1.82, 2.24) is 29.7 Å². The average Bonchev–Trinajstić information content (AvgIpc) is 3.17. The zero-order valence-electron chi connectivity index (χ0n) is 22.7. The molecule has 0 radical (unpaired) electrons. The number of fused-ring (bicyclic) bond motifs is 2. The number of aromatic nitrogens is 6. The third-order valence-corrected chi connectivity index (χ3v) is 9.77. The molecule has 0 amide bonds. The first kappa shape index (κ1) is 25.8. The number of nitrogens with one attached hydrogen (secondary N) is 2. The Morgan fingerprint density at radius 2 is 1.90 bits per heavy atom. The maximum Gasteiger partial charge on any atom is 0.439 e. The Morgan fingerprint density at radius 1 is 1.12 bits per heavy atom. The van der Waals surface area contributed by atoms with Crippen LogP contribution in [0.15, 0.2) is 9.32 Å². The van der Waals surface area contributed by atoms with E-state index < -0.39 is 18.0 Å². The number of hydrogen-bond acceptors (Lipinski definition) is 8. The Morgan fingerprint density at radius 3 is 2.55 bits per heavy atom. The van der Waals surface area contributed by atoms with E-state index in [0.29, 0.717) is 54.5 Å². The zero-order chi connectivity index (χ0) is 27.8. The molecule has 40 heavy (non-hydrogen) atoms. The van der Waals surface area contributed by atoms with Gasteiger partial charge in [-0.05, 0) is 68.6 Å². The normalized spacial score (nSPS) is 29.4. The molecule has 0 spiro atoms. The van der Waals surface area contributed by atoms with Gasteiger partial charge in [0.2, 0.25) is 17.6 Å². The maximum atomic E-state index is 14.4. The van der Waals surface area contributed by atoms with Gasteiger partial charge < -0.3 is 14.8 Å². The molecular formula is C27H35F3N8O2. The van der Waals surface area contributed by atoms with Crippen molar-refractivity contribution in [3.63, 3.8) is 0 Å². The molecule has 0 bridgehead atoms. The van der Waals surface area contributed by atoms with E-state index in [2.05, 4.69) is 38.8 Å². The van der Waals surface area contributed by atoms with Gasteiger partial charge in [-0.25, -0.2) is 14.8 Å². The van der Waals surface area contributed by atoms with Crippen molar-refractivity contribution in [2.75, 3.05) is 16.8 Å². The molecule has 4 aliphatic rings. The quantitative estimate of drug-likeness (QED) is 0.415. The van der Waals surface area contributed by atoms with Crippen molar-refractivity contribution in [1.29, 1.82) is 0 Å². The first-order chi connectivity index (χ1) is 19.2. The molecule has 2 N–H and O–H groups in total. The number of anilines is 2. The highest BCUT2D eigenvalue weighted by Crippen LogP contribution is 2.55. The molecule has 1 saturated heterocycles. The van der Waals surface area contributed by atoms with Crippen LogP contribution >= 0.6 is 0 Å². The average molecular weight is 561 g/mol.